The van der Waals surface area contributed by atoms with Gasteiger partial charge in [0.25, 0.3) is 0 Å². The summed E-state index contributed by atoms with van der Waals surface area (Å²) < 4.78 is 2.18. The van der Waals surface area contributed by atoms with Gasteiger partial charge in [0, 0.05) is 18.9 Å². The van der Waals surface area contributed by atoms with Gasteiger partial charge in [-0.05, 0) is 31.8 Å². The third kappa shape index (κ3) is 2.02. The monoisotopic (exact) mass is 214 g/mol. The summed E-state index contributed by atoms with van der Waals surface area (Å²) in [7, 11) is 6.32. The Balaban J connectivity index is 2.43. The predicted molar refractivity (Wildman–Crippen MR) is 67.4 cm³/mol. The van der Waals surface area contributed by atoms with Gasteiger partial charge in [-0.2, -0.15) is 0 Å². The van der Waals surface area contributed by atoms with Crippen LogP contribution in [0.2, 0.25) is 0 Å². The first kappa shape index (κ1) is 11.0. The Bertz CT molecular complexity index is 443. The Kier molecular flexibility index (Phi) is 3.11. The Morgan fingerprint density at radius 3 is 2.19 bits per heavy atom. The molecule has 0 saturated carbocycles. The zero-order chi connectivity index (χ0) is 11.5. The fourth-order valence-corrected chi connectivity index (χ4v) is 2.13. The number of benzene rings is 1. The molecule has 1 aromatic heterocycles. The first-order valence-corrected chi connectivity index (χ1v) is 5.53. The maximum Gasteiger partial charge on any atom is 0.0751 e. The van der Waals surface area contributed by atoms with E-state index < -0.39 is 0 Å². The molecule has 1 atom stereocenters. The third-order valence-corrected chi connectivity index (χ3v) is 2.90. The first-order chi connectivity index (χ1) is 7.70. The average molecular weight is 214 g/mol. The molecule has 0 aliphatic rings. The number of hydrogen-bond donors (Lipinski definition) is 0. The van der Waals surface area contributed by atoms with Crippen LogP contribution in [0.15, 0.2) is 48.7 Å². The molecule has 2 aromatic rings. The highest BCUT2D eigenvalue weighted by molar-refractivity contribution is 5.28. The molecule has 0 amide bonds. The van der Waals surface area contributed by atoms with Crippen LogP contribution in [0.5, 0.6) is 0 Å². The zero-order valence-electron chi connectivity index (χ0n) is 10.1. The van der Waals surface area contributed by atoms with Gasteiger partial charge in [-0.25, -0.2) is 0 Å². The van der Waals surface area contributed by atoms with Crippen molar-refractivity contribution in [1.82, 2.24) is 9.47 Å². The predicted octanol–water partition coefficient (Wildman–Crippen LogP) is 2.68. The van der Waals surface area contributed by atoms with Crippen LogP contribution in [0.4, 0.5) is 0 Å². The van der Waals surface area contributed by atoms with Gasteiger partial charge in [0.15, 0.2) is 0 Å². The van der Waals surface area contributed by atoms with Crippen LogP contribution in [-0.4, -0.2) is 23.6 Å². The van der Waals surface area contributed by atoms with E-state index in [0.29, 0.717) is 6.04 Å². The number of nitrogens with zero attached hydrogens (tertiary/aromatic N) is 2. The van der Waals surface area contributed by atoms with Gasteiger partial charge in [0.05, 0.1) is 6.04 Å². The summed E-state index contributed by atoms with van der Waals surface area (Å²) in [6.07, 6.45) is 2.09. The van der Waals surface area contributed by atoms with Crippen molar-refractivity contribution in [3.8, 4) is 0 Å². The standard InChI is InChI=1S/C14H18N2/c1-15(2)14(12-8-5-4-6-9-12)13-10-7-11-16(13)3/h4-11,14H,1-3H3. The Labute approximate surface area is 97.1 Å². The molecule has 0 bridgehead atoms. The van der Waals surface area contributed by atoms with E-state index in [0.717, 1.165) is 0 Å². The van der Waals surface area contributed by atoms with Crippen LogP contribution in [-0.2, 0) is 7.05 Å². The summed E-state index contributed by atoms with van der Waals surface area (Å²) in [5.41, 5.74) is 2.64. The van der Waals surface area contributed by atoms with Gasteiger partial charge < -0.3 is 4.57 Å². The van der Waals surface area contributed by atoms with E-state index in [2.05, 4.69) is 79.3 Å². The molecule has 2 nitrogen and oxygen atoms in total. The molecule has 2 rings (SSSR count). The maximum atomic E-state index is 2.24. The molecule has 84 valence electrons. The highest BCUT2D eigenvalue weighted by Crippen LogP contribution is 2.26. The summed E-state index contributed by atoms with van der Waals surface area (Å²) in [6.45, 7) is 0. The van der Waals surface area contributed by atoms with E-state index in [1.54, 1.807) is 0 Å². The molecule has 0 saturated heterocycles. The SMILES string of the molecule is CN(C)C(c1ccccc1)c1cccn1C. The lowest BCUT2D eigenvalue weighted by Gasteiger charge is -2.25. The minimum absolute atomic E-state index is 0.321. The molecule has 1 heterocycles. The third-order valence-electron chi connectivity index (χ3n) is 2.90. The number of rotatable bonds is 3. The first-order valence-electron chi connectivity index (χ1n) is 5.53. The topological polar surface area (TPSA) is 8.17 Å². The van der Waals surface area contributed by atoms with Crippen LogP contribution in [0.1, 0.15) is 17.3 Å². The van der Waals surface area contributed by atoms with Crippen LogP contribution < -0.4 is 0 Å². The normalized spacial score (nSPS) is 13.0. The zero-order valence-corrected chi connectivity index (χ0v) is 10.1. The molecule has 0 radical (unpaired) electrons. The molecule has 0 aliphatic heterocycles. The van der Waals surface area contributed by atoms with Crippen molar-refractivity contribution in [2.75, 3.05) is 14.1 Å². The molecular formula is C14H18N2. The second-order valence-corrected chi connectivity index (χ2v) is 4.32. The average Bonchev–Trinajstić information content (AvgIpc) is 2.66. The maximum absolute atomic E-state index is 2.24. The van der Waals surface area contributed by atoms with Gasteiger partial charge in [-0.1, -0.05) is 30.3 Å². The minimum Gasteiger partial charge on any atom is -0.353 e. The Hall–Kier alpha value is -1.54. The quantitative estimate of drug-likeness (QED) is 0.762. The Morgan fingerprint density at radius 1 is 1.00 bits per heavy atom. The molecule has 0 fully saturated rings. The molecule has 2 heteroatoms. The summed E-state index contributed by atoms with van der Waals surface area (Å²) in [6, 6.07) is 15.2. The second-order valence-electron chi connectivity index (χ2n) is 4.32. The number of aromatic nitrogens is 1. The lowest BCUT2D eigenvalue weighted by atomic mass is 10.0. The lowest BCUT2D eigenvalue weighted by Crippen LogP contribution is -2.22. The lowest BCUT2D eigenvalue weighted by molar-refractivity contribution is 0.331. The van der Waals surface area contributed by atoms with Crippen LogP contribution in [0.25, 0.3) is 0 Å². The molecule has 0 N–H and O–H groups in total. The van der Waals surface area contributed by atoms with E-state index >= 15 is 0 Å². The fourth-order valence-electron chi connectivity index (χ4n) is 2.13. The fraction of sp³-hybridized carbons (Fsp3) is 0.286. The number of aryl methyl sites for hydroxylation is 1. The van der Waals surface area contributed by atoms with E-state index in [-0.39, 0.29) is 0 Å². The second kappa shape index (κ2) is 4.54. The van der Waals surface area contributed by atoms with Crippen molar-refractivity contribution in [3.05, 3.63) is 59.9 Å². The summed E-state index contributed by atoms with van der Waals surface area (Å²) in [5, 5.41) is 0. The minimum atomic E-state index is 0.321. The summed E-state index contributed by atoms with van der Waals surface area (Å²) >= 11 is 0. The smallest absolute Gasteiger partial charge is 0.0751 e. The molecule has 1 unspecified atom stereocenters. The van der Waals surface area contributed by atoms with E-state index in [4.69, 9.17) is 0 Å². The molecule has 1 aromatic carbocycles. The van der Waals surface area contributed by atoms with Gasteiger partial charge >= 0.3 is 0 Å². The van der Waals surface area contributed by atoms with Crippen LogP contribution in [0, 0.1) is 0 Å². The molecule has 0 aliphatic carbocycles. The van der Waals surface area contributed by atoms with Gasteiger partial charge in [0.2, 0.25) is 0 Å². The van der Waals surface area contributed by atoms with Crippen LogP contribution >= 0.6 is 0 Å². The molecule has 0 spiro atoms. The van der Waals surface area contributed by atoms with Crippen molar-refractivity contribution in [2.24, 2.45) is 7.05 Å². The van der Waals surface area contributed by atoms with Crippen molar-refractivity contribution >= 4 is 0 Å². The van der Waals surface area contributed by atoms with Crippen molar-refractivity contribution in [3.63, 3.8) is 0 Å². The highest BCUT2D eigenvalue weighted by atomic mass is 15.1. The molecule has 16 heavy (non-hydrogen) atoms. The number of hydrogen-bond acceptors (Lipinski definition) is 1. The van der Waals surface area contributed by atoms with Gasteiger partial charge in [-0.3, -0.25) is 4.90 Å². The van der Waals surface area contributed by atoms with E-state index in [9.17, 15) is 0 Å². The summed E-state index contributed by atoms with van der Waals surface area (Å²) in [4.78, 5) is 2.24. The van der Waals surface area contributed by atoms with Crippen molar-refractivity contribution in [1.29, 1.82) is 0 Å². The van der Waals surface area contributed by atoms with Crippen molar-refractivity contribution < 1.29 is 0 Å². The largest absolute Gasteiger partial charge is 0.353 e. The van der Waals surface area contributed by atoms with Gasteiger partial charge in [0.1, 0.15) is 0 Å². The van der Waals surface area contributed by atoms with Crippen LogP contribution in [0.3, 0.4) is 0 Å². The van der Waals surface area contributed by atoms with Crippen molar-refractivity contribution in [2.45, 2.75) is 6.04 Å². The highest BCUT2D eigenvalue weighted by Gasteiger charge is 2.18. The van der Waals surface area contributed by atoms with E-state index in [1.807, 2.05) is 0 Å². The Morgan fingerprint density at radius 2 is 1.69 bits per heavy atom. The summed E-state index contributed by atoms with van der Waals surface area (Å²) in [5.74, 6) is 0. The van der Waals surface area contributed by atoms with Gasteiger partial charge in [-0.15, -0.1) is 0 Å². The van der Waals surface area contributed by atoms with E-state index in [1.165, 1.54) is 11.3 Å². The molecular weight excluding hydrogens is 196 g/mol.